The summed E-state index contributed by atoms with van der Waals surface area (Å²) in [7, 11) is -2.32. The van der Waals surface area contributed by atoms with E-state index in [-0.39, 0.29) is 0 Å². The summed E-state index contributed by atoms with van der Waals surface area (Å²) in [4.78, 5) is 0. The molecule has 1 unspecified atom stereocenters. The van der Waals surface area contributed by atoms with Crippen LogP contribution < -0.4 is 0 Å². The van der Waals surface area contributed by atoms with Gasteiger partial charge in [0.15, 0.2) is 0 Å². The molecule has 0 rings (SSSR count). The minimum Gasteiger partial charge on any atom is -0.212 e. The van der Waals surface area contributed by atoms with Gasteiger partial charge in [-0.05, 0) is 6.92 Å². The molecule has 2 nitrogen and oxygen atoms in total. The second-order valence-corrected chi connectivity index (χ2v) is 10.9. The third kappa shape index (κ3) is 5.00. The van der Waals surface area contributed by atoms with E-state index in [0.29, 0.717) is 0 Å². The van der Waals surface area contributed by atoms with Crippen molar-refractivity contribution < 1.29 is 118 Å². The summed E-state index contributed by atoms with van der Waals surface area (Å²) in [5.74, 6) is -100. The zero-order chi connectivity index (χ0) is 36.1. The highest BCUT2D eigenvalue weighted by molar-refractivity contribution is 8.14. The van der Waals surface area contributed by atoms with Crippen LogP contribution in [0.5, 0.6) is 0 Å². The van der Waals surface area contributed by atoms with Crippen molar-refractivity contribution in [3.63, 3.8) is 0 Å². The number of alkyl halides is 25. The molecule has 0 heterocycles. The van der Waals surface area contributed by atoms with Gasteiger partial charge in [0.25, 0.3) is 0 Å². The van der Waals surface area contributed by atoms with Crippen LogP contribution in [0.25, 0.3) is 0 Å². The molecule has 0 radical (unpaired) electrons. The minimum atomic E-state index is -9.70. The van der Waals surface area contributed by atoms with Gasteiger partial charge in [-0.3, -0.25) is 0 Å². The fourth-order valence-electron chi connectivity index (χ4n) is 2.40. The van der Waals surface area contributed by atoms with Crippen molar-refractivity contribution >= 4 is 19.7 Å². The van der Waals surface area contributed by atoms with Gasteiger partial charge in [0.05, 0.1) is 0 Å². The first kappa shape index (κ1) is 41.5. The molecule has 1 atom stereocenters. The quantitative estimate of drug-likeness (QED) is 0.148. The molecule has 0 saturated carbocycles. The summed E-state index contributed by atoms with van der Waals surface area (Å²) in [6.45, 7) is -0.884. The van der Waals surface area contributed by atoms with E-state index in [9.17, 15) is 118 Å². The SMILES string of the molecule is CC(C(F)(F)C(F)(F)C(F)(F)C(F)(F)C(F)(F)C(F)(F)C(F)(F)C(F)(F)C(F)(F)C(F)(F)C(F)(F)C(F)(F)F)S(=O)(=O)Cl. The van der Waals surface area contributed by atoms with E-state index in [1.54, 1.807) is 0 Å². The van der Waals surface area contributed by atoms with Gasteiger partial charge >= 0.3 is 71.3 Å². The van der Waals surface area contributed by atoms with Crippen LogP contribution in [0.1, 0.15) is 6.92 Å². The molecular formula is C14H4ClF25O2S. The molecule has 0 spiro atoms. The summed E-state index contributed by atoms with van der Waals surface area (Å²) < 4.78 is 354. The largest absolute Gasteiger partial charge is 0.460 e. The maximum absolute atomic E-state index is 13.7. The van der Waals surface area contributed by atoms with E-state index in [1.165, 1.54) is 0 Å². The summed E-state index contributed by atoms with van der Waals surface area (Å²) in [6, 6.07) is 0. The molecule has 0 aliphatic carbocycles. The molecule has 0 N–H and O–H groups in total. The maximum Gasteiger partial charge on any atom is 0.460 e. The molecule has 0 aromatic carbocycles. The van der Waals surface area contributed by atoms with E-state index in [4.69, 9.17) is 0 Å². The Morgan fingerprint density at radius 2 is 0.535 bits per heavy atom. The van der Waals surface area contributed by atoms with Crippen molar-refractivity contribution in [3.05, 3.63) is 0 Å². The van der Waals surface area contributed by atoms with Gasteiger partial charge in [-0.15, -0.1) is 0 Å². The molecule has 43 heavy (non-hydrogen) atoms. The lowest BCUT2D eigenvalue weighted by atomic mass is 9.84. The van der Waals surface area contributed by atoms with Gasteiger partial charge in [0.1, 0.15) is 5.25 Å². The van der Waals surface area contributed by atoms with Crippen molar-refractivity contribution in [2.75, 3.05) is 0 Å². The Balaban J connectivity index is 7.46. The Bertz CT molecular complexity index is 1150. The van der Waals surface area contributed by atoms with Crippen molar-refractivity contribution in [2.45, 2.75) is 83.5 Å². The lowest BCUT2D eigenvalue weighted by Gasteiger charge is -2.45. The van der Waals surface area contributed by atoms with Gasteiger partial charge in [0, 0.05) is 10.7 Å². The fourth-order valence-corrected chi connectivity index (χ4v) is 3.23. The van der Waals surface area contributed by atoms with E-state index in [0.717, 1.165) is 0 Å². The van der Waals surface area contributed by atoms with Crippen LogP contribution in [0.4, 0.5) is 110 Å². The molecular weight excluding hydrogens is 743 g/mol. The van der Waals surface area contributed by atoms with Crippen molar-refractivity contribution in [1.82, 2.24) is 0 Å². The van der Waals surface area contributed by atoms with Crippen LogP contribution in [0.3, 0.4) is 0 Å². The number of halogens is 26. The van der Waals surface area contributed by atoms with Gasteiger partial charge in [0.2, 0.25) is 9.05 Å². The van der Waals surface area contributed by atoms with Crippen molar-refractivity contribution in [1.29, 1.82) is 0 Å². The van der Waals surface area contributed by atoms with Crippen molar-refractivity contribution in [3.8, 4) is 0 Å². The molecule has 0 aromatic rings. The smallest absolute Gasteiger partial charge is 0.212 e. The molecule has 260 valence electrons. The highest BCUT2D eigenvalue weighted by Crippen LogP contribution is 2.68. The summed E-state index contributed by atoms with van der Waals surface area (Å²) in [5, 5.41) is -4.63. The normalized spacial score (nSPS) is 17.7. The van der Waals surface area contributed by atoms with E-state index >= 15 is 0 Å². The second kappa shape index (κ2) is 9.99. The number of hydrogen-bond acceptors (Lipinski definition) is 2. The van der Waals surface area contributed by atoms with E-state index in [1.807, 2.05) is 0 Å². The van der Waals surface area contributed by atoms with Gasteiger partial charge in [-0.25, -0.2) is 8.42 Å². The predicted molar refractivity (Wildman–Crippen MR) is 84.7 cm³/mol. The standard InChI is InChI=1S/C14H4ClF25O2S/c1-2(43(15,41)42)3(16,17)4(18,19)5(20,21)6(22,23)7(24,25)8(26,27)9(28,29)10(30,31)11(32,33)12(34,35)13(36,37)14(38,39)40/h2H,1H3. The highest BCUT2D eigenvalue weighted by Gasteiger charge is 2.99. The van der Waals surface area contributed by atoms with E-state index < -0.39 is 92.5 Å². The average molecular weight is 747 g/mol. The topological polar surface area (TPSA) is 34.1 Å². The lowest BCUT2D eigenvalue weighted by Crippen LogP contribution is -2.78. The summed E-state index contributed by atoms with van der Waals surface area (Å²) in [5.41, 5.74) is 0. The first-order valence-corrected chi connectivity index (χ1v) is 11.4. The Morgan fingerprint density at radius 1 is 0.372 bits per heavy atom. The molecule has 0 amide bonds. The molecule has 0 saturated heterocycles. The molecule has 29 heteroatoms. The third-order valence-corrected chi connectivity index (χ3v) is 7.20. The van der Waals surface area contributed by atoms with Gasteiger partial charge in [-0.2, -0.15) is 110 Å². The van der Waals surface area contributed by atoms with Crippen LogP contribution in [0.2, 0.25) is 0 Å². The van der Waals surface area contributed by atoms with Crippen LogP contribution in [0, 0.1) is 0 Å². The maximum atomic E-state index is 13.7. The molecule has 0 aliphatic rings. The summed E-state index contributed by atoms with van der Waals surface area (Å²) in [6.07, 6.45) is -8.21. The molecule has 0 aliphatic heterocycles. The summed E-state index contributed by atoms with van der Waals surface area (Å²) >= 11 is 0. The van der Waals surface area contributed by atoms with Crippen LogP contribution in [-0.2, 0) is 9.05 Å². The molecule has 0 fully saturated rings. The Morgan fingerprint density at radius 3 is 0.698 bits per heavy atom. The average Bonchev–Trinajstić information content (AvgIpc) is 2.75. The van der Waals surface area contributed by atoms with Crippen LogP contribution >= 0.6 is 10.7 Å². The first-order valence-electron chi connectivity index (χ1n) is 9.06. The molecule has 0 bridgehead atoms. The number of rotatable bonds is 12. The Hall–Kier alpha value is -1.51. The van der Waals surface area contributed by atoms with Crippen molar-refractivity contribution in [2.24, 2.45) is 0 Å². The molecule has 0 aromatic heterocycles. The van der Waals surface area contributed by atoms with Crippen LogP contribution in [-0.4, -0.2) is 85.0 Å². The van der Waals surface area contributed by atoms with Gasteiger partial charge < -0.3 is 0 Å². The van der Waals surface area contributed by atoms with Crippen LogP contribution in [0.15, 0.2) is 0 Å². The second-order valence-electron chi connectivity index (χ2n) is 7.98. The Kier molecular flexibility index (Phi) is 9.64. The monoisotopic (exact) mass is 746 g/mol. The zero-order valence-corrected chi connectivity index (χ0v) is 20.2. The fraction of sp³-hybridized carbons (Fsp3) is 1.00. The minimum absolute atomic E-state index is 0.884. The van der Waals surface area contributed by atoms with E-state index in [2.05, 4.69) is 10.7 Å². The number of hydrogen-bond donors (Lipinski definition) is 0. The third-order valence-electron chi connectivity index (χ3n) is 5.26. The predicted octanol–water partition coefficient (Wildman–Crippen LogP) is 8.49. The first-order chi connectivity index (χ1) is 17.9. The van der Waals surface area contributed by atoms with Gasteiger partial charge in [-0.1, -0.05) is 0 Å². The Labute approximate surface area is 222 Å². The highest BCUT2D eigenvalue weighted by atomic mass is 35.7. The zero-order valence-electron chi connectivity index (χ0n) is 18.6. The lowest BCUT2D eigenvalue weighted by molar-refractivity contribution is -0.482.